The van der Waals surface area contributed by atoms with Gasteiger partial charge in [0, 0.05) is 17.3 Å². The lowest BCUT2D eigenvalue weighted by atomic mass is 9.80. The maximum Gasteiger partial charge on any atom is 0.131 e. The zero-order valence-electron chi connectivity index (χ0n) is 14.2. The first-order valence-corrected chi connectivity index (χ1v) is 8.70. The Morgan fingerprint density at radius 1 is 1.00 bits per heavy atom. The molecule has 0 bridgehead atoms. The van der Waals surface area contributed by atoms with Gasteiger partial charge in [-0.05, 0) is 70.5 Å². The topological polar surface area (TPSA) is 37.8 Å². The van der Waals surface area contributed by atoms with Crippen molar-refractivity contribution in [3.63, 3.8) is 0 Å². The molecule has 0 aliphatic heterocycles. The van der Waals surface area contributed by atoms with Gasteiger partial charge in [-0.1, -0.05) is 20.3 Å². The predicted octanol–water partition coefficient (Wildman–Crippen LogP) is 3.93. The van der Waals surface area contributed by atoms with Gasteiger partial charge in [-0.2, -0.15) is 0 Å². The first-order valence-electron chi connectivity index (χ1n) is 8.70. The smallest absolute Gasteiger partial charge is 0.131 e. The van der Waals surface area contributed by atoms with Gasteiger partial charge >= 0.3 is 0 Å². The normalized spacial score (nSPS) is 22.5. The minimum absolute atomic E-state index is 0.591. The van der Waals surface area contributed by atoms with Gasteiger partial charge in [0.1, 0.15) is 5.82 Å². The third kappa shape index (κ3) is 4.26. The number of hydrogen-bond donors (Lipinski definition) is 1. The summed E-state index contributed by atoms with van der Waals surface area (Å²) in [6, 6.07) is 0. The van der Waals surface area contributed by atoms with Crippen molar-refractivity contribution >= 4 is 0 Å². The molecule has 0 radical (unpaired) electrons. The van der Waals surface area contributed by atoms with Crippen molar-refractivity contribution in [1.82, 2.24) is 15.3 Å². The van der Waals surface area contributed by atoms with Crippen LogP contribution in [0.4, 0.5) is 0 Å². The Bertz CT molecular complexity index is 425. The lowest BCUT2D eigenvalue weighted by Crippen LogP contribution is -2.19. The summed E-state index contributed by atoms with van der Waals surface area (Å²) in [6.45, 7) is 10.8. The van der Waals surface area contributed by atoms with Gasteiger partial charge in [-0.25, -0.2) is 9.97 Å². The number of nitrogens with zero attached hydrogens (tertiary/aromatic N) is 2. The maximum absolute atomic E-state index is 4.85. The molecule has 3 heteroatoms. The van der Waals surface area contributed by atoms with Crippen LogP contribution >= 0.6 is 0 Å². The van der Waals surface area contributed by atoms with E-state index in [1.165, 1.54) is 49.1 Å². The summed E-state index contributed by atoms with van der Waals surface area (Å²) in [5.41, 5.74) is 3.71. The Morgan fingerprint density at radius 2 is 1.62 bits per heavy atom. The van der Waals surface area contributed by atoms with Crippen molar-refractivity contribution < 1.29 is 0 Å². The molecule has 1 heterocycles. The standard InChI is InChI=1S/C18H31N3/c1-5-15-7-9-16(10-8-15)18-20-13(3)17(14(4)21-18)11-12-19-6-2/h15-16,19H,5-12H2,1-4H3. The van der Waals surface area contributed by atoms with E-state index in [0.717, 1.165) is 31.3 Å². The lowest BCUT2D eigenvalue weighted by Gasteiger charge is -2.27. The van der Waals surface area contributed by atoms with Crippen molar-refractivity contribution in [2.24, 2.45) is 5.92 Å². The maximum atomic E-state index is 4.85. The monoisotopic (exact) mass is 289 g/mol. The minimum atomic E-state index is 0.591. The first kappa shape index (κ1) is 16.4. The molecular weight excluding hydrogens is 258 g/mol. The second-order valence-corrected chi connectivity index (χ2v) is 6.46. The molecule has 1 aromatic rings. The second kappa shape index (κ2) is 7.88. The van der Waals surface area contributed by atoms with Crippen LogP contribution in [0.25, 0.3) is 0 Å². The molecule has 0 amide bonds. The van der Waals surface area contributed by atoms with Crippen LogP contribution in [0.1, 0.15) is 74.6 Å². The van der Waals surface area contributed by atoms with E-state index in [2.05, 4.69) is 33.0 Å². The average Bonchev–Trinajstić information content (AvgIpc) is 2.50. The van der Waals surface area contributed by atoms with Gasteiger partial charge in [-0.3, -0.25) is 0 Å². The average molecular weight is 289 g/mol. The van der Waals surface area contributed by atoms with Gasteiger partial charge in [0.25, 0.3) is 0 Å². The molecule has 0 saturated heterocycles. The van der Waals surface area contributed by atoms with Crippen LogP contribution in [0.5, 0.6) is 0 Å². The van der Waals surface area contributed by atoms with E-state index in [1.807, 2.05) is 0 Å². The molecule has 3 nitrogen and oxygen atoms in total. The predicted molar refractivity (Wildman–Crippen MR) is 88.7 cm³/mol. The summed E-state index contributed by atoms with van der Waals surface area (Å²) in [4.78, 5) is 9.70. The van der Waals surface area contributed by atoms with E-state index in [9.17, 15) is 0 Å². The Morgan fingerprint density at radius 3 is 2.14 bits per heavy atom. The van der Waals surface area contributed by atoms with E-state index in [4.69, 9.17) is 9.97 Å². The number of likely N-dealkylation sites (N-methyl/N-ethyl adjacent to an activating group) is 1. The molecule has 1 N–H and O–H groups in total. The zero-order valence-corrected chi connectivity index (χ0v) is 14.2. The van der Waals surface area contributed by atoms with Crippen molar-refractivity contribution in [3.05, 3.63) is 22.8 Å². The number of hydrogen-bond acceptors (Lipinski definition) is 3. The molecule has 0 spiro atoms. The van der Waals surface area contributed by atoms with Gasteiger partial charge in [0.05, 0.1) is 0 Å². The fourth-order valence-corrected chi connectivity index (χ4v) is 3.53. The molecule has 1 aliphatic rings. The van der Waals surface area contributed by atoms with Crippen molar-refractivity contribution in [2.75, 3.05) is 13.1 Å². The van der Waals surface area contributed by atoms with Gasteiger partial charge in [-0.15, -0.1) is 0 Å². The molecule has 1 aliphatic carbocycles. The first-order chi connectivity index (χ1) is 10.2. The fourth-order valence-electron chi connectivity index (χ4n) is 3.53. The van der Waals surface area contributed by atoms with Crippen LogP contribution in [-0.2, 0) is 6.42 Å². The van der Waals surface area contributed by atoms with E-state index in [0.29, 0.717) is 5.92 Å². The minimum Gasteiger partial charge on any atom is -0.317 e. The highest BCUT2D eigenvalue weighted by Gasteiger charge is 2.24. The van der Waals surface area contributed by atoms with E-state index >= 15 is 0 Å². The largest absolute Gasteiger partial charge is 0.317 e. The lowest BCUT2D eigenvalue weighted by molar-refractivity contribution is 0.311. The number of rotatable bonds is 6. The quantitative estimate of drug-likeness (QED) is 0.806. The molecule has 0 aromatic carbocycles. The van der Waals surface area contributed by atoms with Crippen LogP contribution in [0, 0.1) is 19.8 Å². The Balaban J connectivity index is 2.05. The van der Waals surface area contributed by atoms with Crippen LogP contribution in [-0.4, -0.2) is 23.1 Å². The highest BCUT2D eigenvalue weighted by atomic mass is 14.9. The Labute approximate surface area is 130 Å². The molecule has 118 valence electrons. The summed E-state index contributed by atoms with van der Waals surface area (Å²) in [5.74, 6) is 2.63. The summed E-state index contributed by atoms with van der Waals surface area (Å²) in [7, 11) is 0. The molecular formula is C18H31N3. The van der Waals surface area contributed by atoms with E-state index < -0.39 is 0 Å². The fraction of sp³-hybridized carbons (Fsp3) is 0.778. The molecule has 21 heavy (non-hydrogen) atoms. The van der Waals surface area contributed by atoms with E-state index in [-0.39, 0.29) is 0 Å². The van der Waals surface area contributed by atoms with Crippen molar-refractivity contribution in [1.29, 1.82) is 0 Å². The molecule has 1 saturated carbocycles. The van der Waals surface area contributed by atoms with E-state index in [1.54, 1.807) is 0 Å². The third-order valence-electron chi connectivity index (χ3n) is 5.03. The number of aromatic nitrogens is 2. The number of aryl methyl sites for hydroxylation is 2. The van der Waals surface area contributed by atoms with Gasteiger partial charge in [0.15, 0.2) is 0 Å². The molecule has 0 unspecified atom stereocenters. The molecule has 0 atom stereocenters. The summed E-state index contributed by atoms with van der Waals surface area (Å²) >= 11 is 0. The summed E-state index contributed by atoms with van der Waals surface area (Å²) in [5, 5.41) is 3.38. The van der Waals surface area contributed by atoms with Crippen LogP contribution < -0.4 is 5.32 Å². The van der Waals surface area contributed by atoms with Gasteiger partial charge in [0.2, 0.25) is 0 Å². The Hall–Kier alpha value is -0.960. The third-order valence-corrected chi connectivity index (χ3v) is 5.03. The molecule has 1 aromatic heterocycles. The summed E-state index contributed by atoms with van der Waals surface area (Å²) in [6.07, 6.45) is 7.61. The van der Waals surface area contributed by atoms with Crippen LogP contribution in [0.2, 0.25) is 0 Å². The zero-order chi connectivity index (χ0) is 15.2. The van der Waals surface area contributed by atoms with Crippen molar-refractivity contribution in [3.8, 4) is 0 Å². The van der Waals surface area contributed by atoms with Crippen LogP contribution in [0.15, 0.2) is 0 Å². The molecule has 2 rings (SSSR count). The SMILES string of the molecule is CCNCCc1c(C)nc(C2CCC(CC)CC2)nc1C. The van der Waals surface area contributed by atoms with Crippen LogP contribution in [0.3, 0.4) is 0 Å². The highest BCUT2D eigenvalue weighted by Crippen LogP contribution is 2.35. The highest BCUT2D eigenvalue weighted by molar-refractivity contribution is 5.25. The Kier molecular flexibility index (Phi) is 6.16. The molecule has 1 fully saturated rings. The van der Waals surface area contributed by atoms with Gasteiger partial charge < -0.3 is 5.32 Å². The summed E-state index contributed by atoms with van der Waals surface area (Å²) < 4.78 is 0. The second-order valence-electron chi connectivity index (χ2n) is 6.46. The number of nitrogens with one attached hydrogen (secondary N) is 1. The van der Waals surface area contributed by atoms with Crippen molar-refractivity contribution in [2.45, 2.75) is 72.1 Å².